The molecule has 7 rings (SSSR count). The van der Waals surface area contributed by atoms with Crippen molar-refractivity contribution in [3.63, 3.8) is 0 Å². The largest absolute Gasteiger partial charge is 0.208 e. The van der Waals surface area contributed by atoms with E-state index in [0.717, 1.165) is 0 Å². The van der Waals surface area contributed by atoms with Crippen LogP contribution in [-0.4, -0.2) is 0 Å². The molecule has 0 radical (unpaired) electrons. The molecule has 6 aromatic rings. The number of benzene rings is 6. The molecular weight excluding hydrogens is 501 g/mol. The van der Waals surface area contributed by atoms with Gasteiger partial charge in [0.15, 0.2) is 0 Å². The Morgan fingerprint density at radius 1 is 0.375 bits per heavy atom. The van der Waals surface area contributed by atoms with E-state index in [2.05, 4.69) is 181 Å². The average molecular weight is 531 g/mol. The minimum atomic E-state index is -2.42. The Bertz CT molecular complexity index is 1720. The van der Waals surface area contributed by atoms with Crippen molar-refractivity contribution < 1.29 is 0 Å². The summed E-state index contributed by atoms with van der Waals surface area (Å²) in [6.45, 7) is 0. The molecule has 0 aromatic heterocycles. The first kappa shape index (κ1) is 24.3. The Balaban J connectivity index is 1.73. The number of para-hydroxylation sites is 1. The van der Waals surface area contributed by atoms with E-state index in [9.17, 15) is 0 Å². The molecule has 0 bridgehead atoms. The molecule has 0 spiro atoms. The fourth-order valence-corrected chi connectivity index (χ4v) is 10.6. The van der Waals surface area contributed by atoms with E-state index in [1.54, 1.807) is 0 Å². The lowest BCUT2D eigenvalue weighted by Gasteiger charge is -2.44. The molecule has 0 N–H and O–H groups in total. The highest BCUT2D eigenvalue weighted by Gasteiger charge is 2.58. The van der Waals surface area contributed by atoms with Crippen molar-refractivity contribution in [3.05, 3.63) is 193 Å². The summed E-state index contributed by atoms with van der Waals surface area (Å²) in [5.41, 5.74) is 7.39. The molecule has 0 amide bonds. The van der Waals surface area contributed by atoms with Crippen LogP contribution >= 0.6 is 7.41 Å². The van der Waals surface area contributed by atoms with Crippen LogP contribution in [0.4, 0.5) is 5.69 Å². The Kier molecular flexibility index (Phi) is 6.36. The van der Waals surface area contributed by atoms with Gasteiger partial charge < -0.3 is 0 Å². The Morgan fingerprint density at radius 2 is 0.800 bits per heavy atom. The highest BCUT2D eigenvalue weighted by molar-refractivity contribution is 7.97. The molecule has 1 heterocycles. The summed E-state index contributed by atoms with van der Waals surface area (Å²) < 4.78 is 2.69. The molecule has 1 aliphatic heterocycles. The number of hydrogen-bond donors (Lipinski definition) is 0. The molecular formula is C38H29NP+. The van der Waals surface area contributed by atoms with Crippen LogP contribution in [0.2, 0.25) is 0 Å². The monoisotopic (exact) mass is 530 g/mol. The van der Waals surface area contributed by atoms with Crippen molar-refractivity contribution in [2.75, 3.05) is 4.67 Å². The van der Waals surface area contributed by atoms with E-state index in [0.29, 0.717) is 0 Å². The molecule has 0 saturated heterocycles. The second-order valence-electron chi connectivity index (χ2n) is 9.93. The molecule has 0 saturated carbocycles. The van der Waals surface area contributed by atoms with Gasteiger partial charge in [0.1, 0.15) is 15.9 Å². The molecule has 2 heteroatoms. The van der Waals surface area contributed by atoms with Gasteiger partial charge in [0.05, 0.1) is 11.4 Å². The molecule has 0 fully saturated rings. The molecule has 190 valence electrons. The maximum absolute atomic E-state index is 2.69. The Hall–Kier alpha value is -4.71. The molecule has 40 heavy (non-hydrogen) atoms. The smallest absolute Gasteiger partial charge is 0.202 e. The lowest BCUT2D eigenvalue weighted by molar-refractivity contribution is 1.38. The van der Waals surface area contributed by atoms with Gasteiger partial charge in [0, 0.05) is 16.7 Å². The summed E-state index contributed by atoms with van der Waals surface area (Å²) >= 11 is 0. The van der Waals surface area contributed by atoms with Crippen LogP contribution in [0.15, 0.2) is 176 Å². The van der Waals surface area contributed by atoms with Gasteiger partial charge in [-0.15, -0.1) is 0 Å². The highest BCUT2D eigenvalue weighted by atomic mass is 31.2. The summed E-state index contributed by atoms with van der Waals surface area (Å²) in [4.78, 5) is 0. The zero-order valence-electron chi connectivity index (χ0n) is 22.1. The molecule has 0 atom stereocenters. The van der Waals surface area contributed by atoms with Gasteiger partial charge in [-0.3, -0.25) is 0 Å². The minimum absolute atomic E-state index is 1.19. The van der Waals surface area contributed by atoms with Gasteiger partial charge in [-0.1, -0.05) is 133 Å². The van der Waals surface area contributed by atoms with E-state index < -0.39 is 7.41 Å². The van der Waals surface area contributed by atoms with Crippen LogP contribution in [0.3, 0.4) is 0 Å². The first-order valence-electron chi connectivity index (χ1n) is 13.7. The number of rotatable bonds is 5. The van der Waals surface area contributed by atoms with Crippen LogP contribution in [-0.2, 0) is 0 Å². The van der Waals surface area contributed by atoms with Gasteiger partial charge in [0.2, 0.25) is 7.41 Å². The zero-order chi connectivity index (χ0) is 26.8. The second-order valence-corrected chi connectivity index (χ2v) is 13.1. The van der Waals surface area contributed by atoms with Gasteiger partial charge in [-0.25, -0.2) is 4.67 Å². The van der Waals surface area contributed by atoms with Gasteiger partial charge >= 0.3 is 0 Å². The van der Waals surface area contributed by atoms with Crippen molar-refractivity contribution >= 4 is 40.3 Å². The molecule has 0 unspecified atom stereocenters. The highest BCUT2D eigenvalue weighted by Crippen LogP contribution is 2.67. The van der Waals surface area contributed by atoms with Crippen LogP contribution < -0.4 is 20.6 Å². The maximum Gasteiger partial charge on any atom is 0.208 e. The molecule has 0 aliphatic carbocycles. The van der Waals surface area contributed by atoms with Crippen molar-refractivity contribution in [2.45, 2.75) is 0 Å². The third-order valence-electron chi connectivity index (χ3n) is 7.64. The van der Waals surface area contributed by atoms with Crippen molar-refractivity contribution in [2.24, 2.45) is 0 Å². The minimum Gasteiger partial charge on any atom is -0.202 e. The second kappa shape index (κ2) is 10.5. The summed E-state index contributed by atoms with van der Waals surface area (Å²) in [6, 6.07) is 64.1. The van der Waals surface area contributed by atoms with E-state index in [4.69, 9.17) is 0 Å². The van der Waals surface area contributed by atoms with Crippen LogP contribution in [0.5, 0.6) is 0 Å². The third kappa shape index (κ3) is 3.90. The van der Waals surface area contributed by atoms with Crippen LogP contribution in [0, 0.1) is 0 Å². The number of anilines is 1. The van der Waals surface area contributed by atoms with E-state index in [1.165, 1.54) is 49.6 Å². The number of nitrogens with zero attached hydrogens (tertiary/aromatic N) is 1. The van der Waals surface area contributed by atoms with Crippen molar-refractivity contribution in [1.82, 2.24) is 0 Å². The quantitative estimate of drug-likeness (QED) is 0.203. The van der Waals surface area contributed by atoms with Crippen molar-refractivity contribution in [1.29, 1.82) is 0 Å². The topological polar surface area (TPSA) is 3.24 Å². The lowest BCUT2D eigenvalue weighted by Crippen LogP contribution is -2.46. The Labute approximate surface area is 237 Å². The molecule has 6 aromatic carbocycles. The van der Waals surface area contributed by atoms with E-state index in [1.807, 2.05) is 0 Å². The predicted molar refractivity (Wildman–Crippen MR) is 173 cm³/mol. The summed E-state index contributed by atoms with van der Waals surface area (Å²) in [5.74, 6) is 0. The van der Waals surface area contributed by atoms with Crippen LogP contribution in [0.25, 0.3) is 11.3 Å². The Morgan fingerprint density at radius 3 is 1.35 bits per heavy atom. The summed E-state index contributed by atoms with van der Waals surface area (Å²) in [6.07, 6.45) is 0. The van der Waals surface area contributed by atoms with E-state index >= 15 is 0 Å². The fourth-order valence-electron chi connectivity index (χ4n) is 6.04. The van der Waals surface area contributed by atoms with Gasteiger partial charge in [-0.2, -0.15) is 0 Å². The summed E-state index contributed by atoms with van der Waals surface area (Å²) in [5, 5.41) is 4.03. The first-order chi connectivity index (χ1) is 19.9. The third-order valence-corrected chi connectivity index (χ3v) is 11.8. The molecule has 1 nitrogen and oxygen atoms in total. The predicted octanol–water partition coefficient (Wildman–Crippen LogP) is 8.33. The normalized spacial score (nSPS) is 14.1. The SMILES string of the molecule is c1ccc(C2=C(c3ccccc3)N(c3ccccc3)[P+](c3ccccc3)(c3ccccc3)c3ccccc32)cc1. The fraction of sp³-hybridized carbons (Fsp3) is 0. The van der Waals surface area contributed by atoms with Gasteiger partial charge in [0.25, 0.3) is 0 Å². The van der Waals surface area contributed by atoms with Gasteiger partial charge in [-0.05, 0) is 48.0 Å². The zero-order valence-corrected chi connectivity index (χ0v) is 23.0. The average Bonchev–Trinajstić information content (AvgIpc) is 3.05. The maximum atomic E-state index is 2.69. The number of hydrogen-bond acceptors (Lipinski definition) is 1. The standard InChI is InChI=1S/C38H29NP/c1-6-18-30(19-7-1)37-35-28-16-17-29-36(35)40(33-24-12-4-13-25-33,34-26-14-5-15-27-34)39(32-22-10-3-11-23-32)38(37)31-20-8-2-9-21-31/h1-29H/q+1. The van der Waals surface area contributed by atoms with Crippen molar-refractivity contribution in [3.8, 4) is 0 Å². The lowest BCUT2D eigenvalue weighted by atomic mass is 9.92. The number of fused-ring (bicyclic) bond motifs is 1. The van der Waals surface area contributed by atoms with E-state index in [-0.39, 0.29) is 0 Å². The molecule has 1 aliphatic rings. The van der Waals surface area contributed by atoms with Crippen LogP contribution in [0.1, 0.15) is 16.7 Å². The summed E-state index contributed by atoms with van der Waals surface area (Å²) in [7, 11) is -2.42. The first-order valence-corrected chi connectivity index (χ1v) is 15.4.